The Morgan fingerprint density at radius 3 is 2.76 bits per heavy atom. The fraction of sp³-hybridized carbons (Fsp3) is 0.250. The van der Waals surface area contributed by atoms with Crippen molar-refractivity contribution in [3.05, 3.63) is 54.2 Å². The molecule has 0 fully saturated rings. The molecule has 0 aliphatic rings. The molecular formula is C16H19N3O2. The summed E-state index contributed by atoms with van der Waals surface area (Å²) in [6.45, 7) is 3.54. The van der Waals surface area contributed by atoms with Gasteiger partial charge in [0.1, 0.15) is 18.2 Å². The van der Waals surface area contributed by atoms with E-state index >= 15 is 0 Å². The number of carbonyl (C=O) groups is 1. The fourth-order valence-corrected chi connectivity index (χ4v) is 1.84. The molecule has 1 heterocycles. The molecule has 0 saturated carbocycles. The SMILES string of the molecule is CCNc1ncccc1C(=O)NCCOc1ccccc1. The van der Waals surface area contributed by atoms with Gasteiger partial charge in [-0.25, -0.2) is 4.98 Å². The lowest BCUT2D eigenvalue weighted by Gasteiger charge is -2.10. The number of para-hydroxylation sites is 1. The predicted octanol–water partition coefficient (Wildman–Crippen LogP) is 2.32. The van der Waals surface area contributed by atoms with E-state index in [-0.39, 0.29) is 5.91 Å². The zero-order valence-corrected chi connectivity index (χ0v) is 12.0. The van der Waals surface area contributed by atoms with Crippen molar-refractivity contribution in [3.63, 3.8) is 0 Å². The minimum absolute atomic E-state index is 0.157. The highest BCUT2D eigenvalue weighted by Gasteiger charge is 2.10. The summed E-state index contributed by atoms with van der Waals surface area (Å²) in [6.07, 6.45) is 1.66. The summed E-state index contributed by atoms with van der Waals surface area (Å²) < 4.78 is 5.52. The van der Waals surface area contributed by atoms with Crippen LogP contribution in [0.25, 0.3) is 0 Å². The number of rotatable bonds is 7. The first-order valence-corrected chi connectivity index (χ1v) is 6.96. The van der Waals surface area contributed by atoms with E-state index in [1.165, 1.54) is 0 Å². The second-order valence-electron chi connectivity index (χ2n) is 4.35. The highest BCUT2D eigenvalue weighted by Crippen LogP contribution is 2.11. The van der Waals surface area contributed by atoms with Crippen LogP contribution in [0.15, 0.2) is 48.7 Å². The van der Waals surface area contributed by atoms with Crippen LogP contribution in [0.3, 0.4) is 0 Å². The number of pyridine rings is 1. The molecule has 5 nitrogen and oxygen atoms in total. The smallest absolute Gasteiger partial charge is 0.255 e. The van der Waals surface area contributed by atoms with Gasteiger partial charge >= 0.3 is 0 Å². The average molecular weight is 285 g/mol. The van der Waals surface area contributed by atoms with E-state index < -0.39 is 0 Å². The summed E-state index contributed by atoms with van der Waals surface area (Å²) in [4.78, 5) is 16.3. The second-order valence-corrected chi connectivity index (χ2v) is 4.35. The van der Waals surface area contributed by atoms with Crippen LogP contribution < -0.4 is 15.4 Å². The molecule has 1 amide bonds. The lowest BCUT2D eigenvalue weighted by Crippen LogP contribution is -2.29. The van der Waals surface area contributed by atoms with Crippen molar-refractivity contribution < 1.29 is 9.53 Å². The summed E-state index contributed by atoms with van der Waals surface area (Å²) in [5.41, 5.74) is 0.541. The Bertz CT molecular complexity index is 573. The molecule has 2 aromatic rings. The number of nitrogens with zero attached hydrogens (tertiary/aromatic N) is 1. The van der Waals surface area contributed by atoms with Crippen molar-refractivity contribution in [3.8, 4) is 5.75 Å². The number of hydrogen-bond acceptors (Lipinski definition) is 4. The third-order valence-corrected chi connectivity index (χ3v) is 2.80. The predicted molar refractivity (Wildman–Crippen MR) is 82.7 cm³/mol. The molecule has 2 N–H and O–H groups in total. The normalized spacial score (nSPS) is 9.95. The van der Waals surface area contributed by atoms with Crippen molar-refractivity contribution >= 4 is 11.7 Å². The van der Waals surface area contributed by atoms with Gasteiger partial charge in [-0.2, -0.15) is 0 Å². The van der Waals surface area contributed by atoms with Gasteiger partial charge in [-0.15, -0.1) is 0 Å². The van der Waals surface area contributed by atoms with Gasteiger partial charge in [0.15, 0.2) is 0 Å². The highest BCUT2D eigenvalue weighted by atomic mass is 16.5. The maximum absolute atomic E-state index is 12.1. The largest absolute Gasteiger partial charge is 0.492 e. The lowest BCUT2D eigenvalue weighted by molar-refractivity contribution is 0.0947. The van der Waals surface area contributed by atoms with Crippen molar-refractivity contribution in [2.75, 3.05) is 25.0 Å². The molecule has 0 radical (unpaired) electrons. The zero-order chi connectivity index (χ0) is 14.9. The molecule has 0 unspecified atom stereocenters. The number of nitrogens with one attached hydrogen (secondary N) is 2. The van der Waals surface area contributed by atoms with Crippen molar-refractivity contribution in [1.82, 2.24) is 10.3 Å². The number of amides is 1. The number of hydrogen-bond donors (Lipinski definition) is 2. The van der Waals surface area contributed by atoms with Gasteiger partial charge in [0.25, 0.3) is 5.91 Å². The molecule has 0 aliphatic carbocycles. The Hall–Kier alpha value is -2.56. The second kappa shape index (κ2) is 7.89. The van der Waals surface area contributed by atoms with Gasteiger partial charge in [0, 0.05) is 12.7 Å². The van der Waals surface area contributed by atoms with Crippen LogP contribution in [0.1, 0.15) is 17.3 Å². The molecule has 1 aromatic carbocycles. The van der Waals surface area contributed by atoms with E-state index in [9.17, 15) is 4.79 Å². The maximum atomic E-state index is 12.1. The molecule has 0 aliphatic heterocycles. The number of anilines is 1. The fourth-order valence-electron chi connectivity index (χ4n) is 1.84. The van der Waals surface area contributed by atoms with E-state index in [4.69, 9.17) is 4.74 Å². The standard InChI is InChI=1S/C16H19N3O2/c1-2-17-15-14(9-6-10-18-15)16(20)19-11-12-21-13-7-4-3-5-8-13/h3-10H,2,11-12H2,1H3,(H,17,18)(H,19,20). The first kappa shape index (κ1) is 14.8. The molecule has 0 spiro atoms. The Kier molecular flexibility index (Phi) is 5.58. The van der Waals surface area contributed by atoms with Crippen LogP contribution in [0.5, 0.6) is 5.75 Å². The van der Waals surface area contributed by atoms with Gasteiger partial charge in [0.2, 0.25) is 0 Å². The quantitative estimate of drug-likeness (QED) is 0.766. The van der Waals surface area contributed by atoms with Crippen LogP contribution in [-0.4, -0.2) is 30.6 Å². The Balaban J connectivity index is 1.82. The van der Waals surface area contributed by atoms with Crippen molar-refractivity contribution in [2.24, 2.45) is 0 Å². The van der Waals surface area contributed by atoms with Crippen LogP contribution in [0.4, 0.5) is 5.82 Å². The third kappa shape index (κ3) is 4.49. The number of aromatic nitrogens is 1. The van der Waals surface area contributed by atoms with E-state index in [0.717, 1.165) is 5.75 Å². The highest BCUT2D eigenvalue weighted by molar-refractivity contribution is 5.98. The van der Waals surface area contributed by atoms with Gasteiger partial charge in [-0.1, -0.05) is 18.2 Å². The van der Waals surface area contributed by atoms with Gasteiger partial charge < -0.3 is 15.4 Å². The number of carbonyl (C=O) groups excluding carboxylic acids is 1. The Morgan fingerprint density at radius 2 is 2.00 bits per heavy atom. The summed E-state index contributed by atoms with van der Waals surface area (Å²) in [5, 5.41) is 5.89. The Morgan fingerprint density at radius 1 is 1.19 bits per heavy atom. The Labute approximate surface area is 124 Å². The van der Waals surface area contributed by atoms with E-state index in [0.29, 0.717) is 31.1 Å². The average Bonchev–Trinajstić information content (AvgIpc) is 2.53. The molecule has 0 bridgehead atoms. The lowest BCUT2D eigenvalue weighted by atomic mass is 10.2. The molecule has 0 atom stereocenters. The van der Waals surface area contributed by atoms with Gasteiger partial charge in [-0.05, 0) is 31.2 Å². The van der Waals surface area contributed by atoms with Crippen LogP contribution >= 0.6 is 0 Å². The summed E-state index contributed by atoms with van der Waals surface area (Å²) >= 11 is 0. The topological polar surface area (TPSA) is 63.2 Å². The minimum atomic E-state index is -0.157. The molecular weight excluding hydrogens is 266 g/mol. The first-order chi connectivity index (χ1) is 10.3. The first-order valence-electron chi connectivity index (χ1n) is 6.96. The van der Waals surface area contributed by atoms with Crippen molar-refractivity contribution in [1.29, 1.82) is 0 Å². The molecule has 21 heavy (non-hydrogen) atoms. The summed E-state index contributed by atoms with van der Waals surface area (Å²) in [7, 11) is 0. The van der Waals surface area contributed by atoms with E-state index in [2.05, 4.69) is 15.6 Å². The molecule has 110 valence electrons. The molecule has 5 heteroatoms. The molecule has 0 saturated heterocycles. The minimum Gasteiger partial charge on any atom is -0.492 e. The maximum Gasteiger partial charge on any atom is 0.255 e. The number of benzene rings is 1. The number of ether oxygens (including phenoxy) is 1. The van der Waals surface area contributed by atoms with Gasteiger partial charge in [-0.3, -0.25) is 4.79 Å². The van der Waals surface area contributed by atoms with Crippen molar-refractivity contribution in [2.45, 2.75) is 6.92 Å². The molecule has 1 aromatic heterocycles. The van der Waals surface area contributed by atoms with Gasteiger partial charge in [0.05, 0.1) is 12.1 Å². The van der Waals surface area contributed by atoms with E-state index in [1.807, 2.05) is 37.3 Å². The molecule has 2 rings (SSSR count). The monoisotopic (exact) mass is 285 g/mol. The van der Waals surface area contributed by atoms with Crippen LogP contribution in [0.2, 0.25) is 0 Å². The zero-order valence-electron chi connectivity index (χ0n) is 12.0. The van der Waals surface area contributed by atoms with Crippen LogP contribution in [-0.2, 0) is 0 Å². The summed E-state index contributed by atoms with van der Waals surface area (Å²) in [6, 6.07) is 13.0. The van der Waals surface area contributed by atoms with Crippen LogP contribution in [0, 0.1) is 0 Å². The van der Waals surface area contributed by atoms with E-state index in [1.54, 1.807) is 18.3 Å². The third-order valence-electron chi connectivity index (χ3n) is 2.80. The summed E-state index contributed by atoms with van der Waals surface area (Å²) in [5.74, 6) is 1.23.